The number of aromatic nitrogens is 6. The van der Waals surface area contributed by atoms with Gasteiger partial charge in [-0.05, 0) is 29.8 Å². The summed E-state index contributed by atoms with van der Waals surface area (Å²) >= 11 is 0. The second-order valence-corrected chi connectivity index (χ2v) is 9.01. The molecule has 3 aromatic heterocycles. The summed E-state index contributed by atoms with van der Waals surface area (Å²) < 4.78 is 12.4. The standard InChI is InChI=1S/C27H26N8O3/c1-37-19-9-7-17(8-10-19)14-35-23(25-30-21-5-3-4-6-22(21)31-25)11-24(33-35)32-26(36)18-12-28-27(29-13-18)34-15-20(16-34)38-2/h3-13,20H,14-16H2,1-2H3,(H,30,31)(H,32,33,36). The van der Waals surface area contributed by atoms with Crippen LogP contribution in [0.2, 0.25) is 0 Å². The zero-order chi connectivity index (χ0) is 26.1. The second-order valence-electron chi connectivity index (χ2n) is 9.01. The highest BCUT2D eigenvalue weighted by atomic mass is 16.5. The number of benzene rings is 2. The minimum atomic E-state index is -0.347. The van der Waals surface area contributed by atoms with Crippen LogP contribution in [0.4, 0.5) is 11.8 Å². The maximum absolute atomic E-state index is 13.0. The number of amides is 1. The van der Waals surface area contributed by atoms with E-state index >= 15 is 0 Å². The van der Waals surface area contributed by atoms with E-state index in [1.807, 2.05) is 58.1 Å². The lowest BCUT2D eigenvalue weighted by Gasteiger charge is -2.37. The molecule has 11 heteroatoms. The summed E-state index contributed by atoms with van der Waals surface area (Å²) in [6.07, 6.45) is 3.23. The number of nitrogens with zero attached hydrogens (tertiary/aromatic N) is 6. The van der Waals surface area contributed by atoms with Crippen molar-refractivity contribution >= 4 is 28.7 Å². The molecule has 1 aliphatic heterocycles. The van der Waals surface area contributed by atoms with Crippen LogP contribution in [0.15, 0.2) is 67.0 Å². The number of anilines is 2. The number of nitrogens with one attached hydrogen (secondary N) is 2. The molecular weight excluding hydrogens is 484 g/mol. The smallest absolute Gasteiger partial charge is 0.260 e. The number of hydrogen-bond acceptors (Lipinski definition) is 8. The summed E-state index contributed by atoms with van der Waals surface area (Å²) in [6.45, 7) is 1.94. The van der Waals surface area contributed by atoms with Crippen molar-refractivity contribution in [1.29, 1.82) is 0 Å². The molecule has 0 aliphatic carbocycles. The molecule has 6 rings (SSSR count). The third kappa shape index (κ3) is 4.66. The molecule has 0 saturated carbocycles. The van der Waals surface area contributed by atoms with Gasteiger partial charge in [0, 0.05) is 38.7 Å². The van der Waals surface area contributed by atoms with Crippen molar-refractivity contribution in [2.24, 2.45) is 0 Å². The zero-order valence-electron chi connectivity index (χ0n) is 21.0. The van der Waals surface area contributed by atoms with E-state index in [1.165, 1.54) is 12.4 Å². The first-order valence-corrected chi connectivity index (χ1v) is 12.2. The second kappa shape index (κ2) is 9.94. The summed E-state index contributed by atoms with van der Waals surface area (Å²) in [4.78, 5) is 31.8. The van der Waals surface area contributed by atoms with Gasteiger partial charge < -0.3 is 24.7 Å². The van der Waals surface area contributed by atoms with Gasteiger partial charge in [0.15, 0.2) is 11.6 Å². The quantitative estimate of drug-likeness (QED) is 0.326. The number of fused-ring (bicyclic) bond motifs is 1. The predicted octanol–water partition coefficient (Wildman–Crippen LogP) is 3.36. The molecular formula is C27H26N8O3. The Bertz CT molecular complexity index is 1540. The third-order valence-corrected chi connectivity index (χ3v) is 6.51. The molecule has 0 spiro atoms. The van der Waals surface area contributed by atoms with Crippen molar-refractivity contribution in [1.82, 2.24) is 29.7 Å². The number of methoxy groups -OCH3 is 2. The van der Waals surface area contributed by atoms with Crippen molar-refractivity contribution in [2.75, 3.05) is 37.5 Å². The maximum Gasteiger partial charge on any atom is 0.260 e. The van der Waals surface area contributed by atoms with Gasteiger partial charge in [0.05, 0.1) is 36.4 Å². The van der Waals surface area contributed by atoms with Crippen LogP contribution in [-0.4, -0.2) is 69.0 Å². The summed E-state index contributed by atoms with van der Waals surface area (Å²) in [5.74, 6) is 2.06. The van der Waals surface area contributed by atoms with E-state index in [9.17, 15) is 4.79 Å². The van der Waals surface area contributed by atoms with Crippen molar-refractivity contribution in [3.8, 4) is 17.3 Å². The Morgan fingerprint density at radius 3 is 2.55 bits per heavy atom. The van der Waals surface area contributed by atoms with Crippen LogP contribution >= 0.6 is 0 Å². The van der Waals surface area contributed by atoms with E-state index in [-0.39, 0.29) is 12.0 Å². The van der Waals surface area contributed by atoms with E-state index in [1.54, 1.807) is 20.3 Å². The Hall–Kier alpha value is -4.77. The molecule has 1 fully saturated rings. The number of rotatable bonds is 8. The molecule has 11 nitrogen and oxygen atoms in total. The van der Waals surface area contributed by atoms with E-state index in [0.717, 1.165) is 41.1 Å². The van der Waals surface area contributed by atoms with Gasteiger partial charge in [-0.2, -0.15) is 5.10 Å². The molecule has 1 amide bonds. The molecule has 0 bridgehead atoms. The third-order valence-electron chi connectivity index (χ3n) is 6.51. The summed E-state index contributed by atoms with van der Waals surface area (Å²) in [7, 11) is 3.33. The highest BCUT2D eigenvalue weighted by Gasteiger charge is 2.28. The van der Waals surface area contributed by atoms with Gasteiger partial charge in [0.2, 0.25) is 5.95 Å². The Morgan fingerprint density at radius 2 is 1.84 bits per heavy atom. The van der Waals surface area contributed by atoms with Crippen LogP contribution in [-0.2, 0) is 11.3 Å². The summed E-state index contributed by atoms with van der Waals surface area (Å²) in [6, 6.07) is 17.4. The fourth-order valence-corrected chi connectivity index (χ4v) is 4.31. The SMILES string of the molecule is COc1ccc(Cn2nc(NC(=O)c3cnc(N4CC(OC)C4)nc3)cc2-c2nc3ccccc3[nH]2)cc1. The van der Waals surface area contributed by atoms with Crippen LogP contribution in [0.1, 0.15) is 15.9 Å². The van der Waals surface area contributed by atoms with Crippen molar-refractivity contribution in [2.45, 2.75) is 12.6 Å². The number of para-hydroxylation sites is 2. The summed E-state index contributed by atoms with van der Waals surface area (Å²) in [5, 5.41) is 7.55. The fourth-order valence-electron chi connectivity index (χ4n) is 4.31. The van der Waals surface area contributed by atoms with E-state index in [2.05, 4.69) is 25.4 Å². The van der Waals surface area contributed by atoms with Gasteiger partial charge in [0.1, 0.15) is 11.4 Å². The predicted molar refractivity (Wildman–Crippen MR) is 142 cm³/mol. The minimum Gasteiger partial charge on any atom is -0.497 e. The van der Waals surface area contributed by atoms with Crippen LogP contribution in [0.5, 0.6) is 5.75 Å². The largest absolute Gasteiger partial charge is 0.497 e. The van der Waals surface area contributed by atoms with E-state index in [4.69, 9.17) is 14.5 Å². The number of imidazole rings is 1. The highest BCUT2D eigenvalue weighted by Crippen LogP contribution is 2.25. The molecule has 5 aromatic rings. The van der Waals surface area contributed by atoms with Crippen molar-refractivity contribution in [3.05, 3.63) is 78.1 Å². The lowest BCUT2D eigenvalue weighted by Crippen LogP contribution is -2.52. The minimum absolute atomic E-state index is 0.190. The van der Waals surface area contributed by atoms with Crippen molar-refractivity contribution < 1.29 is 14.3 Å². The Kier molecular flexibility index (Phi) is 6.18. The van der Waals surface area contributed by atoms with Gasteiger partial charge in [-0.15, -0.1) is 0 Å². The molecule has 1 saturated heterocycles. The first-order valence-electron chi connectivity index (χ1n) is 12.2. The van der Waals surface area contributed by atoms with E-state index in [0.29, 0.717) is 29.7 Å². The van der Waals surface area contributed by atoms with Gasteiger partial charge in [-0.1, -0.05) is 24.3 Å². The average Bonchev–Trinajstić information content (AvgIpc) is 3.52. The van der Waals surface area contributed by atoms with Crippen LogP contribution < -0.4 is 15.0 Å². The first-order chi connectivity index (χ1) is 18.6. The number of carbonyl (C=O) groups is 1. The van der Waals surface area contributed by atoms with Gasteiger partial charge in [-0.3, -0.25) is 9.48 Å². The van der Waals surface area contributed by atoms with Gasteiger partial charge in [-0.25, -0.2) is 15.0 Å². The Morgan fingerprint density at radius 1 is 1.08 bits per heavy atom. The van der Waals surface area contributed by atoms with Crippen LogP contribution in [0.3, 0.4) is 0 Å². The zero-order valence-corrected chi connectivity index (χ0v) is 21.0. The summed E-state index contributed by atoms with van der Waals surface area (Å²) in [5.41, 5.74) is 3.87. The molecule has 1 aliphatic rings. The first kappa shape index (κ1) is 23.6. The normalized spacial score (nSPS) is 13.5. The van der Waals surface area contributed by atoms with Gasteiger partial charge in [0.25, 0.3) is 5.91 Å². The molecule has 2 N–H and O–H groups in total. The van der Waals surface area contributed by atoms with Gasteiger partial charge >= 0.3 is 0 Å². The molecule has 2 aromatic carbocycles. The topological polar surface area (TPSA) is 123 Å². The lowest BCUT2D eigenvalue weighted by molar-refractivity contribution is 0.0778. The number of ether oxygens (including phenoxy) is 2. The highest BCUT2D eigenvalue weighted by molar-refractivity contribution is 6.03. The van der Waals surface area contributed by atoms with Crippen molar-refractivity contribution in [3.63, 3.8) is 0 Å². The van der Waals surface area contributed by atoms with E-state index < -0.39 is 0 Å². The fraction of sp³-hybridized carbons (Fsp3) is 0.222. The molecule has 0 atom stereocenters. The number of H-pyrrole nitrogens is 1. The number of carbonyl (C=O) groups excluding carboxylic acids is 1. The molecule has 192 valence electrons. The monoisotopic (exact) mass is 510 g/mol. The number of hydrogen-bond donors (Lipinski definition) is 2. The molecule has 38 heavy (non-hydrogen) atoms. The average molecular weight is 511 g/mol. The van der Waals surface area contributed by atoms with Crippen LogP contribution in [0, 0.1) is 0 Å². The maximum atomic E-state index is 13.0. The molecule has 0 radical (unpaired) electrons. The molecule has 4 heterocycles. The molecule has 0 unspecified atom stereocenters. The number of aromatic amines is 1. The Balaban J connectivity index is 1.25. The Labute approximate surface area is 218 Å². The van der Waals surface area contributed by atoms with Crippen LogP contribution in [0.25, 0.3) is 22.6 Å². The lowest BCUT2D eigenvalue weighted by atomic mass is 10.2.